The van der Waals surface area contributed by atoms with Crippen molar-refractivity contribution in [2.75, 3.05) is 32.2 Å². The Balaban J connectivity index is 2.05. The molecule has 4 heteroatoms. The third-order valence-corrected chi connectivity index (χ3v) is 4.18. The van der Waals surface area contributed by atoms with E-state index < -0.39 is 0 Å². The molecule has 108 valence electrons. The lowest BCUT2D eigenvalue weighted by Crippen LogP contribution is -2.27. The van der Waals surface area contributed by atoms with Gasteiger partial charge in [-0.05, 0) is 12.1 Å². The van der Waals surface area contributed by atoms with Crippen LogP contribution in [0.5, 0.6) is 0 Å². The van der Waals surface area contributed by atoms with Crippen molar-refractivity contribution in [3.05, 3.63) is 42.0 Å². The molecule has 1 heterocycles. The summed E-state index contributed by atoms with van der Waals surface area (Å²) >= 11 is 0. The molecule has 0 radical (unpaired) electrons. The second kappa shape index (κ2) is 5.72. The molecule has 1 aliphatic rings. The fourth-order valence-electron chi connectivity index (χ4n) is 3.05. The summed E-state index contributed by atoms with van der Waals surface area (Å²) in [5.41, 5.74) is 1.84. The van der Waals surface area contributed by atoms with Gasteiger partial charge in [-0.2, -0.15) is 5.26 Å². The third-order valence-electron chi connectivity index (χ3n) is 4.18. The molecule has 0 bridgehead atoms. The van der Waals surface area contributed by atoms with Crippen LogP contribution >= 0.6 is 0 Å². The lowest BCUT2D eigenvalue weighted by atomic mass is 10.0. The Hall–Kier alpha value is -2.09. The predicted molar refractivity (Wildman–Crippen MR) is 82.5 cm³/mol. The van der Waals surface area contributed by atoms with Crippen molar-refractivity contribution in [1.82, 2.24) is 0 Å². The SMILES string of the molecule is COC1CN(c2ccc(C#N)c3ccccc23)CC1OC. The van der Waals surface area contributed by atoms with Crippen molar-refractivity contribution in [1.29, 1.82) is 5.26 Å². The van der Waals surface area contributed by atoms with E-state index in [2.05, 4.69) is 17.0 Å². The molecule has 2 unspecified atom stereocenters. The third kappa shape index (κ3) is 2.35. The van der Waals surface area contributed by atoms with Crippen LogP contribution in [0.15, 0.2) is 36.4 Å². The first-order valence-electron chi connectivity index (χ1n) is 7.01. The van der Waals surface area contributed by atoms with Crippen LogP contribution < -0.4 is 4.90 Å². The molecular formula is C17H18N2O2. The van der Waals surface area contributed by atoms with Crippen LogP contribution in [0.1, 0.15) is 5.56 Å². The number of nitriles is 1. The molecule has 0 saturated carbocycles. The number of nitrogens with zero attached hydrogens (tertiary/aromatic N) is 2. The van der Waals surface area contributed by atoms with Gasteiger partial charge in [0.2, 0.25) is 0 Å². The molecule has 1 fully saturated rings. The monoisotopic (exact) mass is 282 g/mol. The maximum atomic E-state index is 9.25. The Kier molecular flexibility index (Phi) is 3.78. The summed E-state index contributed by atoms with van der Waals surface area (Å²) in [6.07, 6.45) is 0.147. The minimum atomic E-state index is 0.0735. The maximum absolute atomic E-state index is 9.25. The van der Waals surface area contributed by atoms with Gasteiger partial charge in [-0.15, -0.1) is 0 Å². The van der Waals surface area contributed by atoms with E-state index in [-0.39, 0.29) is 12.2 Å². The van der Waals surface area contributed by atoms with E-state index in [1.165, 1.54) is 0 Å². The highest BCUT2D eigenvalue weighted by atomic mass is 16.5. The van der Waals surface area contributed by atoms with Gasteiger partial charge in [-0.3, -0.25) is 0 Å². The molecule has 3 rings (SSSR count). The summed E-state index contributed by atoms with van der Waals surface area (Å²) in [5.74, 6) is 0. The minimum Gasteiger partial charge on any atom is -0.377 e. The fraction of sp³-hybridized carbons (Fsp3) is 0.353. The number of ether oxygens (including phenoxy) is 2. The number of hydrogen-bond donors (Lipinski definition) is 0. The molecule has 0 aliphatic carbocycles. The smallest absolute Gasteiger partial charge is 0.102 e. The van der Waals surface area contributed by atoms with Crippen LogP contribution in [0.2, 0.25) is 0 Å². The van der Waals surface area contributed by atoms with Crippen LogP contribution in [0, 0.1) is 11.3 Å². The molecule has 0 spiro atoms. The van der Waals surface area contributed by atoms with Crippen LogP contribution in [0.3, 0.4) is 0 Å². The molecule has 2 aromatic rings. The summed E-state index contributed by atoms with van der Waals surface area (Å²) in [6, 6.07) is 14.2. The number of rotatable bonds is 3. The van der Waals surface area contributed by atoms with Crippen molar-refractivity contribution in [3.63, 3.8) is 0 Å². The van der Waals surface area contributed by atoms with Crippen molar-refractivity contribution in [2.45, 2.75) is 12.2 Å². The number of methoxy groups -OCH3 is 2. The fourth-order valence-corrected chi connectivity index (χ4v) is 3.05. The van der Waals surface area contributed by atoms with E-state index in [0.717, 1.165) is 29.5 Å². The Morgan fingerprint density at radius 3 is 2.19 bits per heavy atom. The van der Waals surface area contributed by atoms with E-state index in [1.54, 1.807) is 14.2 Å². The number of benzene rings is 2. The molecule has 1 aliphatic heterocycles. The Labute approximate surface area is 124 Å². The van der Waals surface area contributed by atoms with Gasteiger partial charge in [0.15, 0.2) is 0 Å². The molecule has 4 nitrogen and oxygen atoms in total. The Bertz CT molecular complexity index is 681. The van der Waals surface area contributed by atoms with Gasteiger partial charge < -0.3 is 14.4 Å². The molecule has 21 heavy (non-hydrogen) atoms. The van der Waals surface area contributed by atoms with Crippen LogP contribution in [-0.4, -0.2) is 39.5 Å². The molecule has 0 N–H and O–H groups in total. The lowest BCUT2D eigenvalue weighted by Gasteiger charge is -2.20. The van der Waals surface area contributed by atoms with Gasteiger partial charge in [0, 0.05) is 43.8 Å². The molecule has 1 saturated heterocycles. The Morgan fingerprint density at radius 2 is 1.62 bits per heavy atom. The zero-order valence-corrected chi connectivity index (χ0v) is 12.2. The van der Waals surface area contributed by atoms with Gasteiger partial charge in [-0.1, -0.05) is 24.3 Å². The standard InChI is InChI=1S/C17H18N2O2/c1-20-16-10-19(11-17(16)21-2)15-8-7-12(9-18)13-5-3-4-6-14(13)15/h3-8,16-17H,10-11H2,1-2H3. The first kappa shape index (κ1) is 13.9. The van der Waals surface area contributed by atoms with Crippen molar-refractivity contribution < 1.29 is 9.47 Å². The van der Waals surface area contributed by atoms with Crippen molar-refractivity contribution in [3.8, 4) is 6.07 Å². The average molecular weight is 282 g/mol. The highest BCUT2D eigenvalue weighted by Gasteiger charge is 2.33. The van der Waals surface area contributed by atoms with Crippen molar-refractivity contribution >= 4 is 16.5 Å². The first-order chi connectivity index (χ1) is 10.3. The van der Waals surface area contributed by atoms with Gasteiger partial charge in [0.25, 0.3) is 0 Å². The summed E-state index contributed by atoms with van der Waals surface area (Å²) in [7, 11) is 3.44. The first-order valence-corrected chi connectivity index (χ1v) is 7.01. The normalized spacial score (nSPS) is 21.7. The van der Waals surface area contributed by atoms with Crippen molar-refractivity contribution in [2.24, 2.45) is 0 Å². The molecule has 0 amide bonds. The zero-order valence-electron chi connectivity index (χ0n) is 12.2. The van der Waals surface area contributed by atoms with E-state index in [0.29, 0.717) is 5.56 Å². The summed E-state index contributed by atoms with van der Waals surface area (Å²) < 4.78 is 11.0. The molecular weight excluding hydrogens is 264 g/mol. The summed E-state index contributed by atoms with van der Waals surface area (Å²) in [6.45, 7) is 1.59. The minimum absolute atomic E-state index is 0.0735. The van der Waals surface area contributed by atoms with Gasteiger partial charge in [0.1, 0.15) is 12.2 Å². The van der Waals surface area contributed by atoms with Gasteiger partial charge >= 0.3 is 0 Å². The number of hydrogen-bond acceptors (Lipinski definition) is 4. The van der Waals surface area contributed by atoms with Gasteiger partial charge in [-0.25, -0.2) is 0 Å². The topological polar surface area (TPSA) is 45.5 Å². The van der Waals surface area contributed by atoms with Crippen LogP contribution in [0.4, 0.5) is 5.69 Å². The molecule has 2 atom stereocenters. The quantitative estimate of drug-likeness (QED) is 0.868. The summed E-state index contributed by atoms with van der Waals surface area (Å²) in [4.78, 5) is 2.27. The Morgan fingerprint density at radius 1 is 1.00 bits per heavy atom. The van der Waals surface area contributed by atoms with Crippen LogP contribution in [0.25, 0.3) is 10.8 Å². The van der Waals surface area contributed by atoms with Crippen LogP contribution in [-0.2, 0) is 9.47 Å². The van der Waals surface area contributed by atoms with E-state index in [1.807, 2.05) is 30.3 Å². The maximum Gasteiger partial charge on any atom is 0.102 e. The highest BCUT2D eigenvalue weighted by Crippen LogP contribution is 2.32. The second-order valence-electron chi connectivity index (χ2n) is 5.24. The number of fused-ring (bicyclic) bond motifs is 1. The second-order valence-corrected chi connectivity index (χ2v) is 5.24. The summed E-state index contributed by atoms with van der Waals surface area (Å²) in [5, 5.41) is 11.3. The number of anilines is 1. The largest absolute Gasteiger partial charge is 0.377 e. The van der Waals surface area contributed by atoms with Gasteiger partial charge in [0.05, 0.1) is 11.6 Å². The van der Waals surface area contributed by atoms with E-state index >= 15 is 0 Å². The molecule has 0 aromatic heterocycles. The highest BCUT2D eigenvalue weighted by molar-refractivity contribution is 5.98. The zero-order chi connectivity index (χ0) is 14.8. The lowest BCUT2D eigenvalue weighted by molar-refractivity contribution is -0.00461. The average Bonchev–Trinajstić information content (AvgIpc) is 2.97. The predicted octanol–water partition coefficient (Wildman–Crippen LogP) is 2.56. The van der Waals surface area contributed by atoms with E-state index in [4.69, 9.17) is 9.47 Å². The van der Waals surface area contributed by atoms with E-state index in [9.17, 15) is 5.26 Å². The molecule has 2 aromatic carbocycles.